The van der Waals surface area contributed by atoms with Crippen LogP contribution in [0.4, 0.5) is 5.69 Å². The third-order valence-electron chi connectivity index (χ3n) is 7.88. The standard InChI is InChI=1S/C28H40N6O3S/c1-9-34-27(23(7)31-38(35,36)26-21(5)19(3)18(2)20(4)22(26)6)29-30-28(34)37-25-12-10-11-24(17-25)33-15-13-32(8)14-16-33/h10-12,17,23,31H,9,13-16H2,1-8H3. The molecule has 1 aliphatic heterocycles. The molecule has 1 saturated heterocycles. The van der Waals surface area contributed by atoms with Crippen molar-refractivity contribution >= 4 is 15.7 Å². The summed E-state index contributed by atoms with van der Waals surface area (Å²) in [4.78, 5) is 5.00. The van der Waals surface area contributed by atoms with E-state index in [1.165, 1.54) is 0 Å². The summed E-state index contributed by atoms with van der Waals surface area (Å²) in [5.74, 6) is 1.16. The first-order valence-electron chi connectivity index (χ1n) is 13.2. The minimum atomic E-state index is -3.81. The fourth-order valence-electron chi connectivity index (χ4n) is 5.12. The van der Waals surface area contributed by atoms with Gasteiger partial charge in [-0.2, -0.15) is 0 Å². The van der Waals surface area contributed by atoms with E-state index in [-0.39, 0.29) is 0 Å². The van der Waals surface area contributed by atoms with Crippen LogP contribution in [-0.2, 0) is 16.6 Å². The van der Waals surface area contributed by atoms with Gasteiger partial charge < -0.3 is 14.5 Å². The molecule has 38 heavy (non-hydrogen) atoms. The average Bonchev–Trinajstić information content (AvgIpc) is 3.29. The maximum atomic E-state index is 13.6. The number of benzene rings is 2. The third kappa shape index (κ3) is 5.43. The van der Waals surface area contributed by atoms with E-state index < -0.39 is 16.1 Å². The molecule has 0 saturated carbocycles. The van der Waals surface area contributed by atoms with E-state index in [9.17, 15) is 8.42 Å². The summed E-state index contributed by atoms with van der Waals surface area (Å²) < 4.78 is 37.9. The highest BCUT2D eigenvalue weighted by molar-refractivity contribution is 7.89. The van der Waals surface area contributed by atoms with Gasteiger partial charge in [-0.05, 0) is 95.5 Å². The van der Waals surface area contributed by atoms with Gasteiger partial charge in [0, 0.05) is 44.5 Å². The molecule has 0 amide bonds. The predicted octanol–water partition coefficient (Wildman–Crippen LogP) is 4.42. The summed E-state index contributed by atoms with van der Waals surface area (Å²) in [6, 6.07) is 7.70. The largest absolute Gasteiger partial charge is 0.424 e. The van der Waals surface area contributed by atoms with Gasteiger partial charge in [-0.25, -0.2) is 13.1 Å². The summed E-state index contributed by atoms with van der Waals surface area (Å²) in [6.45, 7) is 17.9. The molecule has 1 fully saturated rings. The number of likely N-dealkylation sites (N-methyl/N-ethyl adjacent to an activating group) is 1. The number of hydrogen-bond donors (Lipinski definition) is 1. The van der Waals surface area contributed by atoms with Gasteiger partial charge in [0.15, 0.2) is 5.82 Å². The molecule has 0 spiro atoms. The molecule has 1 N–H and O–H groups in total. The number of nitrogens with one attached hydrogen (secondary N) is 1. The van der Waals surface area contributed by atoms with Crippen LogP contribution in [0.2, 0.25) is 0 Å². The Balaban J connectivity index is 1.57. The maximum Gasteiger partial charge on any atom is 0.322 e. The fourth-order valence-corrected chi connectivity index (χ4v) is 6.92. The number of anilines is 1. The molecule has 0 aliphatic carbocycles. The van der Waals surface area contributed by atoms with Crippen LogP contribution in [-0.4, -0.2) is 61.3 Å². The highest BCUT2D eigenvalue weighted by atomic mass is 32.2. The summed E-state index contributed by atoms with van der Waals surface area (Å²) in [7, 11) is -1.67. The number of nitrogens with zero attached hydrogens (tertiary/aromatic N) is 5. The molecule has 2 aromatic carbocycles. The van der Waals surface area contributed by atoms with Crippen molar-refractivity contribution in [3.8, 4) is 11.8 Å². The van der Waals surface area contributed by atoms with Gasteiger partial charge in [0.1, 0.15) is 5.75 Å². The molecule has 0 bridgehead atoms. The van der Waals surface area contributed by atoms with Crippen LogP contribution in [0.15, 0.2) is 29.2 Å². The topological polar surface area (TPSA) is 92.6 Å². The lowest BCUT2D eigenvalue weighted by atomic mass is 9.95. The molecule has 3 aromatic rings. The van der Waals surface area contributed by atoms with Crippen LogP contribution in [0.5, 0.6) is 11.8 Å². The number of hydrogen-bond acceptors (Lipinski definition) is 7. The van der Waals surface area contributed by atoms with Gasteiger partial charge in [0.2, 0.25) is 10.0 Å². The molecule has 1 aromatic heterocycles. The van der Waals surface area contributed by atoms with Gasteiger partial charge in [-0.1, -0.05) is 11.2 Å². The second-order valence-corrected chi connectivity index (χ2v) is 11.9. The van der Waals surface area contributed by atoms with E-state index in [1.807, 2.05) is 59.7 Å². The Morgan fingerprint density at radius 2 is 1.55 bits per heavy atom. The fraction of sp³-hybridized carbons (Fsp3) is 0.500. The van der Waals surface area contributed by atoms with Crippen molar-refractivity contribution in [1.29, 1.82) is 0 Å². The molecule has 0 radical (unpaired) electrons. The van der Waals surface area contributed by atoms with Crippen molar-refractivity contribution in [1.82, 2.24) is 24.4 Å². The highest BCUT2D eigenvalue weighted by Crippen LogP contribution is 2.31. The van der Waals surface area contributed by atoms with Crippen molar-refractivity contribution in [2.45, 2.75) is 65.9 Å². The van der Waals surface area contributed by atoms with Gasteiger partial charge >= 0.3 is 6.01 Å². The molecule has 9 nitrogen and oxygen atoms in total. The third-order valence-corrected chi connectivity index (χ3v) is 9.69. The zero-order valence-corrected chi connectivity index (χ0v) is 24.6. The quantitative estimate of drug-likeness (QED) is 0.452. The van der Waals surface area contributed by atoms with Crippen molar-refractivity contribution in [2.75, 3.05) is 38.1 Å². The van der Waals surface area contributed by atoms with E-state index in [2.05, 4.69) is 37.8 Å². The summed E-state index contributed by atoms with van der Waals surface area (Å²) in [6.07, 6.45) is 0. The predicted molar refractivity (Wildman–Crippen MR) is 151 cm³/mol. The van der Waals surface area contributed by atoms with Gasteiger partial charge in [-0.15, -0.1) is 5.10 Å². The van der Waals surface area contributed by atoms with Gasteiger partial charge in [0.05, 0.1) is 10.9 Å². The van der Waals surface area contributed by atoms with Gasteiger partial charge in [0.25, 0.3) is 0 Å². The lowest BCUT2D eigenvalue weighted by Gasteiger charge is -2.34. The zero-order valence-electron chi connectivity index (χ0n) is 23.8. The Morgan fingerprint density at radius 1 is 0.947 bits per heavy atom. The van der Waals surface area contributed by atoms with E-state index in [4.69, 9.17) is 4.74 Å². The van der Waals surface area contributed by atoms with Crippen molar-refractivity contribution in [3.63, 3.8) is 0 Å². The van der Waals surface area contributed by atoms with Crippen molar-refractivity contribution in [2.24, 2.45) is 0 Å². The van der Waals surface area contributed by atoms with Crippen LogP contribution in [0.25, 0.3) is 0 Å². The lowest BCUT2D eigenvalue weighted by molar-refractivity contribution is 0.312. The Kier molecular flexibility index (Phi) is 8.15. The Bertz CT molecular complexity index is 1400. The number of aromatic nitrogens is 3. The molecule has 1 unspecified atom stereocenters. The molecule has 10 heteroatoms. The molecule has 2 heterocycles. The van der Waals surface area contributed by atoms with Crippen LogP contribution in [0, 0.1) is 34.6 Å². The van der Waals surface area contributed by atoms with E-state index in [0.717, 1.165) is 59.7 Å². The van der Waals surface area contributed by atoms with Crippen molar-refractivity contribution in [3.05, 3.63) is 57.9 Å². The van der Waals surface area contributed by atoms with Crippen LogP contribution in [0.1, 0.15) is 53.5 Å². The molecule has 4 rings (SSSR count). The number of rotatable bonds is 8. The molecule has 206 valence electrons. The van der Waals surface area contributed by atoms with Gasteiger partial charge in [-0.3, -0.25) is 4.57 Å². The van der Waals surface area contributed by atoms with E-state index in [1.54, 1.807) is 11.5 Å². The summed E-state index contributed by atoms with van der Waals surface area (Å²) >= 11 is 0. The summed E-state index contributed by atoms with van der Waals surface area (Å²) in [5.41, 5.74) is 5.75. The first-order chi connectivity index (χ1) is 17.9. The lowest BCUT2D eigenvalue weighted by Crippen LogP contribution is -2.44. The first kappa shape index (κ1) is 28.1. The van der Waals surface area contributed by atoms with Crippen LogP contribution in [0.3, 0.4) is 0 Å². The normalized spacial score (nSPS) is 15.6. The smallest absolute Gasteiger partial charge is 0.322 e. The maximum absolute atomic E-state index is 13.6. The molecule has 1 atom stereocenters. The highest BCUT2D eigenvalue weighted by Gasteiger charge is 2.28. The van der Waals surface area contributed by atoms with E-state index >= 15 is 0 Å². The van der Waals surface area contributed by atoms with Crippen molar-refractivity contribution < 1.29 is 13.2 Å². The second-order valence-electron chi connectivity index (χ2n) is 10.3. The molecule has 1 aliphatic rings. The SMILES string of the molecule is CCn1c(Oc2cccc(N3CCN(C)CC3)c2)nnc1C(C)NS(=O)(=O)c1c(C)c(C)c(C)c(C)c1C. The Hall–Kier alpha value is -2.95. The van der Waals surface area contributed by atoms with Crippen LogP contribution < -0.4 is 14.4 Å². The minimum Gasteiger partial charge on any atom is -0.424 e. The number of ether oxygens (including phenoxy) is 1. The minimum absolute atomic E-state index is 0.332. The number of sulfonamides is 1. The molecular formula is C28H40N6O3S. The first-order valence-corrected chi connectivity index (χ1v) is 14.7. The Morgan fingerprint density at radius 3 is 2.16 bits per heavy atom. The molecular weight excluding hydrogens is 500 g/mol. The van der Waals surface area contributed by atoms with Crippen LogP contribution >= 0.6 is 0 Å². The summed E-state index contributed by atoms with van der Waals surface area (Å²) in [5, 5.41) is 8.59. The zero-order chi connectivity index (χ0) is 27.8. The average molecular weight is 541 g/mol. The van der Waals surface area contributed by atoms with E-state index in [0.29, 0.717) is 29.0 Å². The number of piperazine rings is 1. The Labute approximate surface area is 226 Å². The second kappa shape index (κ2) is 11.0. The monoisotopic (exact) mass is 540 g/mol.